The van der Waals surface area contributed by atoms with Gasteiger partial charge < -0.3 is 4.74 Å². The maximum absolute atomic E-state index is 15.2. The third-order valence-corrected chi connectivity index (χ3v) is 7.39. The minimum absolute atomic E-state index is 0.105. The fourth-order valence-electron chi connectivity index (χ4n) is 5.02. The van der Waals surface area contributed by atoms with E-state index in [1.165, 1.54) is 24.1 Å². The van der Waals surface area contributed by atoms with Gasteiger partial charge in [-0.15, -0.1) is 0 Å². The molecule has 0 N–H and O–H groups in total. The molecule has 1 nitrogen and oxygen atoms in total. The Bertz CT molecular complexity index is 1770. The molecule has 5 aromatic rings. The van der Waals surface area contributed by atoms with E-state index in [0.717, 1.165) is 36.5 Å². The van der Waals surface area contributed by atoms with E-state index in [1.54, 1.807) is 0 Å². The molecule has 0 aliphatic carbocycles. The molecule has 232 valence electrons. The molecule has 0 fully saturated rings. The molecule has 0 saturated heterocycles. The van der Waals surface area contributed by atoms with Gasteiger partial charge in [0, 0.05) is 17.7 Å². The fraction of sp³-hybridized carbons (Fsp3) is 0.167. The van der Waals surface area contributed by atoms with Gasteiger partial charge in [0.1, 0.15) is 28.8 Å². The quantitative estimate of drug-likeness (QED) is 0.0852. The first kappa shape index (κ1) is 31.8. The summed E-state index contributed by atoms with van der Waals surface area (Å²) >= 11 is 0. The van der Waals surface area contributed by atoms with E-state index >= 15 is 4.39 Å². The van der Waals surface area contributed by atoms with Crippen LogP contribution in [0.15, 0.2) is 91.0 Å². The van der Waals surface area contributed by atoms with Crippen LogP contribution < -0.4 is 4.74 Å². The van der Waals surface area contributed by atoms with Gasteiger partial charge in [-0.2, -0.15) is 8.78 Å². The van der Waals surface area contributed by atoms with Gasteiger partial charge in [0.25, 0.3) is 0 Å². The lowest BCUT2D eigenvalue weighted by Crippen LogP contribution is -2.25. The zero-order chi connectivity index (χ0) is 32.3. The van der Waals surface area contributed by atoms with Gasteiger partial charge in [0.05, 0.1) is 0 Å². The first-order chi connectivity index (χ1) is 21.5. The summed E-state index contributed by atoms with van der Waals surface area (Å²) in [6.45, 7) is 2.16. The summed E-state index contributed by atoms with van der Waals surface area (Å²) in [6.07, 6.45) is -0.232. The Hall–Kier alpha value is -4.66. The van der Waals surface area contributed by atoms with Crippen LogP contribution in [0.1, 0.15) is 37.3 Å². The van der Waals surface area contributed by atoms with Crippen LogP contribution in [0.2, 0.25) is 0 Å². The van der Waals surface area contributed by atoms with E-state index in [9.17, 15) is 30.7 Å². The lowest BCUT2D eigenvalue weighted by Gasteiger charge is -2.20. The van der Waals surface area contributed by atoms with Gasteiger partial charge in [-0.3, -0.25) is 0 Å². The predicted octanol–water partition coefficient (Wildman–Crippen LogP) is 11.4. The standard InChI is InChI=1S/C36H26F8O/c1-2-3-4-5-21-6-8-22(9-7-21)23-10-12-24(13-11-23)25-14-15-28(29(37)16-25)26-17-30(38)34(31(39)18-26)36(43,44)45-27-19-32(40)35(42)33(41)20-27/h6-20H,2-5H2,1H3. The topological polar surface area (TPSA) is 9.23 Å². The lowest BCUT2D eigenvalue weighted by molar-refractivity contribution is -0.189. The van der Waals surface area contributed by atoms with Crippen molar-refractivity contribution in [1.82, 2.24) is 0 Å². The third-order valence-electron chi connectivity index (χ3n) is 7.39. The molecule has 0 spiro atoms. The fourth-order valence-corrected chi connectivity index (χ4v) is 5.02. The van der Waals surface area contributed by atoms with Crippen LogP contribution in [0.25, 0.3) is 33.4 Å². The number of benzene rings is 5. The second-order valence-electron chi connectivity index (χ2n) is 10.6. The first-order valence-corrected chi connectivity index (χ1v) is 14.2. The van der Waals surface area contributed by atoms with E-state index in [2.05, 4.69) is 35.9 Å². The van der Waals surface area contributed by atoms with Crippen LogP contribution in [-0.4, -0.2) is 0 Å². The molecule has 0 heterocycles. The molecular weight excluding hydrogens is 600 g/mol. The van der Waals surface area contributed by atoms with Crippen LogP contribution in [0.5, 0.6) is 5.75 Å². The summed E-state index contributed by atoms with van der Waals surface area (Å²) < 4.78 is 118. The zero-order valence-electron chi connectivity index (χ0n) is 23.9. The summed E-state index contributed by atoms with van der Waals surface area (Å²) in [5.41, 5.74) is 1.92. The maximum atomic E-state index is 15.2. The average Bonchev–Trinajstić information content (AvgIpc) is 2.99. The molecule has 5 rings (SSSR count). The van der Waals surface area contributed by atoms with Gasteiger partial charge in [-0.1, -0.05) is 80.4 Å². The molecule has 0 bridgehead atoms. The second-order valence-corrected chi connectivity index (χ2v) is 10.6. The molecule has 0 aromatic heterocycles. The number of hydrogen-bond acceptors (Lipinski definition) is 1. The number of ether oxygens (including phenoxy) is 1. The Morgan fingerprint density at radius 2 is 1.02 bits per heavy atom. The molecule has 0 amide bonds. The Balaban J connectivity index is 1.34. The highest BCUT2D eigenvalue weighted by molar-refractivity contribution is 5.74. The Morgan fingerprint density at radius 3 is 1.56 bits per heavy atom. The van der Waals surface area contributed by atoms with Crippen LogP contribution in [0, 0.1) is 34.9 Å². The molecule has 0 unspecified atom stereocenters. The number of alkyl halides is 2. The maximum Gasteiger partial charge on any atom is 0.432 e. The summed E-state index contributed by atoms with van der Waals surface area (Å²) in [5, 5.41) is 0. The van der Waals surface area contributed by atoms with Crippen molar-refractivity contribution in [2.45, 2.75) is 38.7 Å². The SMILES string of the molecule is CCCCCc1ccc(-c2ccc(-c3ccc(-c4cc(F)c(C(F)(F)Oc5cc(F)c(F)c(F)c5)c(F)c4)c(F)c3)cc2)cc1. The van der Waals surface area contributed by atoms with Crippen molar-refractivity contribution in [3.63, 3.8) is 0 Å². The highest BCUT2D eigenvalue weighted by Crippen LogP contribution is 2.38. The smallest absolute Gasteiger partial charge is 0.429 e. The zero-order valence-corrected chi connectivity index (χ0v) is 23.9. The molecule has 0 atom stereocenters. The van der Waals surface area contributed by atoms with Crippen molar-refractivity contribution in [3.8, 4) is 39.1 Å². The van der Waals surface area contributed by atoms with Crippen molar-refractivity contribution < 1.29 is 39.9 Å². The molecule has 0 aliphatic heterocycles. The minimum Gasteiger partial charge on any atom is -0.429 e. The lowest BCUT2D eigenvalue weighted by atomic mass is 9.96. The monoisotopic (exact) mass is 626 g/mol. The van der Waals surface area contributed by atoms with E-state index in [-0.39, 0.29) is 23.3 Å². The van der Waals surface area contributed by atoms with Crippen molar-refractivity contribution in [3.05, 3.63) is 137 Å². The van der Waals surface area contributed by atoms with Crippen LogP contribution in [0.4, 0.5) is 35.1 Å². The molecule has 0 saturated carbocycles. The Kier molecular flexibility index (Phi) is 9.27. The van der Waals surface area contributed by atoms with E-state index in [1.807, 2.05) is 24.3 Å². The van der Waals surface area contributed by atoms with Gasteiger partial charge >= 0.3 is 6.11 Å². The predicted molar refractivity (Wildman–Crippen MR) is 157 cm³/mol. The highest BCUT2D eigenvalue weighted by atomic mass is 19.3. The molecule has 0 aliphatic rings. The molecule has 5 aromatic carbocycles. The molecule has 45 heavy (non-hydrogen) atoms. The minimum atomic E-state index is -4.76. The number of unbranched alkanes of at least 4 members (excludes halogenated alkanes) is 2. The molecule has 9 heteroatoms. The highest BCUT2D eigenvalue weighted by Gasteiger charge is 2.41. The van der Waals surface area contributed by atoms with Gasteiger partial charge in [0.2, 0.25) is 0 Å². The Morgan fingerprint density at radius 1 is 0.533 bits per heavy atom. The van der Waals surface area contributed by atoms with Crippen LogP contribution in [-0.2, 0) is 12.5 Å². The number of hydrogen-bond donors (Lipinski definition) is 0. The van der Waals surface area contributed by atoms with Gasteiger partial charge in [-0.05, 0) is 64.4 Å². The van der Waals surface area contributed by atoms with E-state index < -0.39 is 52.3 Å². The first-order valence-electron chi connectivity index (χ1n) is 14.2. The van der Waals surface area contributed by atoms with Crippen LogP contribution in [0.3, 0.4) is 0 Å². The number of halogens is 8. The van der Waals surface area contributed by atoms with E-state index in [0.29, 0.717) is 23.3 Å². The van der Waals surface area contributed by atoms with Crippen molar-refractivity contribution >= 4 is 0 Å². The normalized spacial score (nSPS) is 11.6. The van der Waals surface area contributed by atoms with Gasteiger partial charge in [-0.25, -0.2) is 26.3 Å². The van der Waals surface area contributed by atoms with Crippen molar-refractivity contribution in [1.29, 1.82) is 0 Å². The Labute approximate surface area is 254 Å². The summed E-state index contributed by atoms with van der Waals surface area (Å²) in [7, 11) is 0. The van der Waals surface area contributed by atoms with Gasteiger partial charge in [0.15, 0.2) is 17.5 Å². The van der Waals surface area contributed by atoms with E-state index in [4.69, 9.17) is 0 Å². The molecular formula is C36H26F8O. The summed E-state index contributed by atoms with van der Waals surface area (Å²) in [4.78, 5) is 0. The second kappa shape index (κ2) is 13.1. The number of aryl methyl sites for hydroxylation is 1. The average molecular weight is 627 g/mol. The largest absolute Gasteiger partial charge is 0.432 e. The van der Waals surface area contributed by atoms with Crippen LogP contribution >= 0.6 is 0 Å². The third kappa shape index (κ3) is 7.03. The summed E-state index contributed by atoms with van der Waals surface area (Å²) in [5.74, 6) is -11.3. The van der Waals surface area contributed by atoms with Crippen molar-refractivity contribution in [2.24, 2.45) is 0 Å². The van der Waals surface area contributed by atoms with Crippen molar-refractivity contribution in [2.75, 3.05) is 0 Å². The summed E-state index contributed by atoms with van der Waals surface area (Å²) in [6, 6.07) is 20.9. The molecule has 0 radical (unpaired) electrons. The number of rotatable bonds is 10.